The van der Waals surface area contributed by atoms with E-state index in [0.717, 1.165) is 43.1 Å². The largest absolute Gasteiger partial charge is 0.358 e. The van der Waals surface area contributed by atoms with E-state index in [2.05, 4.69) is 30.8 Å². The van der Waals surface area contributed by atoms with E-state index in [4.69, 9.17) is 11.6 Å². The third-order valence-corrected chi connectivity index (χ3v) is 5.73. The molecule has 1 saturated heterocycles. The van der Waals surface area contributed by atoms with Crippen LogP contribution in [0.5, 0.6) is 0 Å². The Kier molecular flexibility index (Phi) is 5.74. The van der Waals surface area contributed by atoms with Crippen LogP contribution in [0.2, 0.25) is 5.02 Å². The molecule has 9 nitrogen and oxygen atoms in total. The van der Waals surface area contributed by atoms with Crippen LogP contribution in [0.25, 0.3) is 0 Å². The molecule has 4 rings (SSSR count). The van der Waals surface area contributed by atoms with Crippen molar-refractivity contribution in [1.29, 1.82) is 0 Å². The first-order chi connectivity index (χ1) is 14.5. The van der Waals surface area contributed by atoms with Crippen molar-refractivity contribution in [1.82, 2.24) is 20.6 Å². The van der Waals surface area contributed by atoms with Crippen LogP contribution in [0, 0.1) is 5.92 Å². The molecule has 1 aromatic heterocycles. The second-order valence-electron chi connectivity index (χ2n) is 7.34. The first-order valence-electron chi connectivity index (χ1n) is 9.85. The number of anilines is 4. The van der Waals surface area contributed by atoms with E-state index in [9.17, 15) is 9.59 Å². The number of carbonyl (C=O) groups excluding carboxylic acids is 2. The molecular formula is C20H24ClN7O2. The highest BCUT2D eigenvalue weighted by Gasteiger charge is 2.35. The lowest BCUT2D eigenvalue weighted by Gasteiger charge is -2.31. The minimum atomic E-state index is -0.732. The molecule has 3 heterocycles. The number of nitrogens with one attached hydrogen (secondary N) is 3. The van der Waals surface area contributed by atoms with Gasteiger partial charge in [-0.25, -0.2) is 4.98 Å². The number of fused-ring (bicyclic) bond motifs is 1. The van der Waals surface area contributed by atoms with Gasteiger partial charge in [0.05, 0.1) is 6.20 Å². The highest BCUT2D eigenvalue weighted by atomic mass is 35.5. The van der Waals surface area contributed by atoms with Crippen molar-refractivity contribution in [3.63, 3.8) is 0 Å². The zero-order valence-corrected chi connectivity index (χ0v) is 17.7. The summed E-state index contributed by atoms with van der Waals surface area (Å²) in [5, 5.41) is 9.55. The average molecular weight is 430 g/mol. The van der Waals surface area contributed by atoms with Crippen LogP contribution in [0.15, 0.2) is 24.4 Å². The maximum Gasteiger partial charge on any atom is 0.239 e. The molecule has 2 aromatic rings. The molecule has 0 aliphatic carbocycles. The fourth-order valence-corrected chi connectivity index (χ4v) is 3.93. The van der Waals surface area contributed by atoms with Crippen LogP contribution >= 0.6 is 11.6 Å². The normalized spacial score (nSPS) is 18.8. The van der Waals surface area contributed by atoms with E-state index in [1.807, 2.05) is 18.2 Å². The molecule has 2 aliphatic heterocycles. The second-order valence-corrected chi connectivity index (χ2v) is 7.75. The monoisotopic (exact) mass is 429 g/mol. The summed E-state index contributed by atoms with van der Waals surface area (Å²) in [5.74, 6) is -0.0725. The minimum Gasteiger partial charge on any atom is -0.358 e. The van der Waals surface area contributed by atoms with Crippen molar-refractivity contribution in [2.75, 3.05) is 55.4 Å². The fourth-order valence-electron chi connectivity index (χ4n) is 3.79. The van der Waals surface area contributed by atoms with E-state index in [1.165, 1.54) is 11.9 Å². The number of aromatic nitrogens is 2. The Balaban J connectivity index is 1.59. The van der Waals surface area contributed by atoms with Gasteiger partial charge in [-0.3, -0.25) is 9.59 Å². The average Bonchev–Trinajstić information content (AvgIpc) is 2.77. The molecule has 1 unspecified atom stereocenters. The third-order valence-electron chi connectivity index (χ3n) is 5.45. The van der Waals surface area contributed by atoms with E-state index in [1.54, 1.807) is 13.2 Å². The lowest BCUT2D eigenvalue weighted by molar-refractivity contribution is -0.133. The first kappa shape index (κ1) is 20.4. The summed E-state index contributed by atoms with van der Waals surface area (Å²) < 4.78 is 0. The Bertz CT molecular complexity index is 978. The maximum atomic E-state index is 12.5. The predicted octanol–water partition coefficient (Wildman–Crippen LogP) is 1.16. The van der Waals surface area contributed by atoms with Gasteiger partial charge in [0, 0.05) is 51.6 Å². The molecule has 0 bridgehead atoms. The Labute approximate surface area is 179 Å². The van der Waals surface area contributed by atoms with Crippen LogP contribution in [0.1, 0.15) is 5.56 Å². The topological polar surface area (TPSA) is 102 Å². The van der Waals surface area contributed by atoms with Crippen molar-refractivity contribution in [3.05, 3.63) is 35.0 Å². The molecule has 1 atom stereocenters. The van der Waals surface area contributed by atoms with Crippen LogP contribution in [-0.4, -0.2) is 62.1 Å². The second kappa shape index (κ2) is 8.45. The SMILES string of the molecule is CNC(=O)C1Cc2cc(Nc3nc(N4CCNCC4)ncc3Cl)ccc2N(C)C1=O. The first-order valence-corrected chi connectivity index (χ1v) is 10.2. The molecule has 3 N–H and O–H groups in total. The fraction of sp³-hybridized carbons (Fsp3) is 0.400. The zero-order valence-electron chi connectivity index (χ0n) is 16.9. The molecular weight excluding hydrogens is 406 g/mol. The molecule has 30 heavy (non-hydrogen) atoms. The lowest BCUT2D eigenvalue weighted by Crippen LogP contribution is -2.45. The summed E-state index contributed by atoms with van der Waals surface area (Å²) in [6, 6.07) is 5.66. The third kappa shape index (κ3) is 3.90. The van der Waals surface area contributed by atoms with Gasteiger partial charge in [0.1, 0.15) is 10.9 Å². The number of amides is 2. The number of piperazine rings is 1. The van der Waals surface area contributed by atoms with Crippen LogP contribution in [0.3, 0.4) is 0 Å². The maximum absolute atomic E-state index is 12.5. The summed E-state index contributed by atoms with van der Waals surface area (Å²) in [4.78, 5) is 37.2. The summed E-state index contributed by atoms with van der Waals surface area (Å²) >= 11 is 6.33. The Morgan fingerprint density at radius 1 is 1.30 bits per heavy atom. The Morgan fingerprint density at radius 3 is 2.80 bits per heavy atom. The molecule has 10 heteroatoms. The number of hydrogen-bond donors (Lipinski definition) is 3. The van der Waals surface area contributed by atoms with Gasteiger partial charge in [-0.15, -0.1) is 0 Å². The summed E-state index contributed by atoms with van der Waals surface area (Å²) in [6.45, 7) is 3.44. The van der Waals surface area contributed by atoms with E-state index in [-0.39, 0.29) is 11.8 Å². The van der Waals surface area contributed by atoms with Gasteiger partial charge in [0.15, 0.2) is 5.82 Å². The molecule has 1 fully saturated rings. The summed E-state index contributed by atoms with van der Waals surface area (Å²) in [7, 11) is 3.22. The van der Waals surface area contributed by atoms with E-state index in [0.29, 0.717) is 23.2 Å². The van der Waals surface area contributed by atoms with Gasteiger partial charge in [-0.1, -0.05) is 11.6 Å². The zero-order chi connectivity index (χ0) is 21.3. The quantitative estimate of drug-likeness (QED) is 0.627. The smallest absolute Gasteiger partial charge is 0.239 e. The van der Waals surface area contributed by atoms with Crippen molar-refractivity contribution in [2.24, 2.45) is 5.92 Å². The Morgan fingerprint density at radius 2 is 2.07 bits per heavy atom. The van der Waals surface area contributed by atoms with Gasteiger partial charge in [-0.2, -0.15) is 4.98 Å². The highest BCUT2D eigenvalue weighted by Crippen LogP contribution is 2.33. The lowest BCUT2D eigenvalue weighted by atomic mass is 9.91. The molecule has 0 radical (unpaired) electrons. The van der Waals surface area contributed by atoms with Gasteiger partial charge in [-0.05, 0) is 30.2 Å². The Hall–Kier alpha value is -2.91. The highest BCUT2D eigenvalue weighted by molar-refractivity contribution is 6.32. The number of rotatable bonds is 4. The van der Waals surface area contributed by atoms with Gasteiger partial charge < -0.3 is 25.8 Å². The number of halogens is 1. The molecule has 158 valence electrons. The van der Waals surface area contributed by atoms with E-state index >= 15 is 0 Å². The van der Waals surface area contributed by atoms with Crippen molar-refractivity contribution in [3.8, 4) is 0 Å². The standard InChI is InChI=1S/C20H24ClN7O2/c1-22-18(29)14-10-12-9-13(3-4-16(12)27(2)19(14)30)25-17-15(21)11-24-20(26-17)28-7-5-23-6-8-28/h3-4,9,11,14,23H,5-8,10H2,1-2H3,(H,22,29)(H,24,25,26). The number of hydrogen-bond acceptors (Lipinski definition) is 7. The predicted molar refractivity (Wildman–Crippen MR) is 117 cm³/mol. The van der Waals surface area contributed by atoms with Crippen molar-refractivity contribution >= 4 is 46.6 Å². The number of benzene rings is 1. The van der Waals surface area contributed by atoms with Crippen molar-refractivity contribution in [2.45, 2.75) is 6.42 Å². The van der Waals surface area contributed by atoms with Crippen LogP contribution in [-0.2, 0) is 16.0 Å². The molecule has 2 aliphatic rings. The number of nitrogens with zero attached hydrogens (tertiary/aromatic N) is 4. The molecule has 0 spiro atoms. The minimum absolute atomic E-state index is 0.206. The van der Waals surface area contributed by atoms with Gasteiger partial charge in [0.2, 0.25) is 17.8 Å². The van der Waals surface area contributed by atoms with Crippen molar-refractivity contribution < 1.29 is 9.59 Å². The molecule has 0 saturated carbocycles. The summed E-state index contributed by atoms with van der Waals surface area (Å²) in [6.07, 6.45) is 1.94. The van der Waals surface area contributed by atoms with Crippen LogP contribution < -0.4 is 25.8 Å². The van der Waals surface area contributed by atoms with Gasteiger partial charge in [0.25, 0.3) is 0 Å². The van der Waals surface area contributed by atoms with Crippen LogP contribution in [0.4, 0.5) is 23.1 Å². The number of carbonyl (C=O) groups is 2. The summed E-state index contributed by atoms with van der Waals surface area (Å²) in [5.41, 5.74) is 2.48. The molecule has 1 aromatic carbocycles. The van der Waals surface area contributed by atoms with Gasteiger partial charge >= 0.3 is 0 Å². The van der Waals surface area contributed by atoms with E-state index < -0.39 is 5.92 Å². The molecule has 2 amide bonds.